The van der Waals surface area contributed by atoms with E-state index in [9.17, 15) is 9.59 Å². The molecule has 0 saturated carbocycles. The van der Waals surface area contributed by atoms with Gasteiger partial charge in [0.2, 0.25) is 5.91 Å². The van der Waals surface area contributed by atoms with Crippen molar-refractivity contribution in [1.82, 2.24) is 14.9 Å². The van der Waals surface area contributed by atoms with Crippen molar-refractivity contribution >= 4 is 27.5 Å². The molecule has 0 aliphatic carbocycles. The molecule has 3 aromatic rings. The molecule has 0 radical (unpaired) electrons. The highest BCUT2D eigenvalue weighted by atomic mass is 32.1. The second-order valence-corrected chi connectivity index (χ2v) is 7.99. The molecule has 0 aliphatic rings. The Morgan fingerprint density at radius 3 is 2.69 bits per heavy atom. The summed E-state index contributed by atoms with van der Waals surface area (Å²) in [5.74, 6) is 0.361. The van der Waals surface area contributed by atoms with Crippen LogP contribution in [0.2, 0.25) is 0 Å². The molecule has 26 heavy (non-hydrogen) atoms. The number of carbonyl (C=O) groups is 1. The van der Waals surface area contributed by atoms with Gasteiger partial charge < -0.3 is 5.32 Å². The van der Waals surface area contributed by atoms with Crippen LogP contribution in [-0.2, 0) is 11.3 Å². The molecule has 0 unspecified atom stereocenters. The molecule has 0 atom stereocenters. The Labute approximate surface area is 156 Å². The number of aromatic nitrogens is 2. The van der Waals surface area contributed by atoms with Crippen LogP contribution in [0, 0.1) is 12.8 Å². The largest absolute Gasteiger partial charge is 0.355 e. The van der Waals surface area contributed by atoms with E-state index in [0.717, 1.165) is 22.4 Å². The van der Waals surface area contributed by atoms with Gasteiger partial charge in [0.15, 0.2) is 0 Å². The highest BCUT2D eigenvalue weighted by Gasteiger charge is 2.17. The second-order valence-electron chi connectivity index (χ2n) is 6.79. The predicted octanol–water partition coefficient (Wildman–Crippen LogP) is 3.60. The van der Waals surface area contributed by atoms with Gasteiger partial charge in [-0.25, -0.2) is 4.98 Å². The zero-order valence-electron chi connectivity index (χ0n) is 15.3. The third-order valence-electron chi connectivity index (χ3n) is 4.28. The minimum Gasteiger partial charge on any atom is -0.355 e. The SMILES string of the molecule is Cc1sc2ncn(CC(=O)NCCC(C)C)c(=O)c2c1-c1ccccc1. The number of aryl methyl sites for hydroxylation is 1. The summed E-state index contributed by atoms with van der Waals surface area (Å²) < 4.78 is 1.39. The number of amides is 1. The number of nitrogens with zero attached hydrogens (tertiary/aromatic N) is 2. The number of thiophene rings is 1. The lowest BCUT2D eigenvalue weighted by Crippen LogP contribution is -2.33. The van der Waals surface area contributed by atoms with Gasteiger partial charge in [-0.05, 0) is 24.8 Å². The second kappa shape index (κ2) is 7.83. The predicted molar refractivity (Wildman–Crippen MR) is 107 cm³/mol. The molecule has 3 rings (SSSR count). The number of nitrogens with one attached hydrogen (secondary N) is 1. The van der Waals surface area contributed by atoms with E-state index >= 15 is 0 Å². The smallest absolute Gasteiger partial charge is 0.263 e. The Kier molecular flexibility index (Phi) is 5.52. The normalized spacial score (nSPS) is 11.2. The van der Waals surface area contributed by atoms with Crippen LogP contribution < -0.4 is 10.9 Å². The zero-order valence-corrected chi connectivity index (χ0v) is 16.1. The summed E-state index contributed by atoms with van der Waals surface area (Å²) in [7, 11) is 0. The van der Waals surface area contributed by atoms with Crippen molar-refractivity contribution in [2.24, 2.45) is 5.92 Å². The van der Waals surface area contributed by atoms with Gasteiger partial charge in [0, 0.05) is 17.0 Å². The number of fused-ring (bicyclic) bond motifs is 1. The van der Waals surface area contributed by atoms with Gasteiger partial charge >= 0.3 is 0 Å². The molecule has 0 spiro atoms. The quantitative estimate of drug-likeness (QED) is 0.722. The van der Waals surface area contributed by atoms with Gasteiger partial charge in [0.1, 0.15) is 11.4 Å². The summed E-state index contributed by atoms with van der Waals surface area (Å²) >= 11 is 1.51. The molecular formula is C20H23N3O2S. The molecule has 2 aromatic heterocycles. The van der Waals surface area contributed by atoms with E-state index in [1.54, 1.807) is 0 Å². The minimum absolute atomic E-state index is 0.0109. The molecule has 0 fully saturated rings. The van der Waals surface area contributed by atoms with Crippen molar-refractivity contribution < 1.29 is 4.79 Å². The fraction of sp³-hybridized carbons (Fsp3) is 0.350. The van der Waals surface area contributed by atoms with E-state index < -0.39 is 0 Å². The van der Waals surface area contributed by atoms with Crippen LogP contribution in [-0.4, -0.2) is 22.0 Å². The highest BCUT2D eigenvalue weighted by molar-refractivity contribution is 7.19. The first-order valence-corrected chi connectivity index (χ1v) is 9.59. The molecule has 0 bridgehead atoms. The van der Waals surface area contributed by atoms with Crippen molar-refractivity contribution in [2.45, 2.75) is 33.7 Å². The topological polar surface area (TPSA) is 64.0 Å². The standard InChI is InChI=1S/C20H23N3O2S/c1-13(2)9-10-21-16(24)11-23-12-22-19-18(20(23)25)17(14(3)26-19)15-7-5-4-6-8-15/h4-8,12-13H,9-11H2,1-3H3,(H,21,24). The fourth-order valence-electron chi connectivity index (χ4n) is 2.91. The highest BCUT2D eigenvalue weighted by Crippen LogP contribution is 2.35. The summed E-state index contributed by atoms with van der Waals surface area (Å²) in [6.45, 7) is 6.82. The van der Waals surface area contributed by atoms with Gasteiger partial charge in [-0.1, -0.05) is 44.2 Å². The molecule has 1 aromatic carbocycles. The third kappa shape index (κ3) is 3.85. The molecule has 1 N–H and O–H groups in total. The molecule has 0 saturated heterocycles. The molecule has 6 heteroatoms. The van der Waals surface area contributed by atoms with Crippen LogP contribution in [0.4, 0.5) is 0 Å². The van der Waals surface area contributed by atoms with Gasteiger partial charge in [0.05, 0.1) is 11.7 Å². The van der Waals surface area contributed by atoms with E-state index in [2.05, 4.69) is 24.1 Å². The van der Waals surface area contributed by atoms with Crippen molar-refractivity contribution in [1.29, 1.82) is 0 Å². The lowest BCUT2D eigenvalue weighted by Gasteiger charge is -2.09. The van der Waals surface area contributed by atoms with Crippen LogP contribution in [0.15, 0.2) is 41.5 Å². The molecule has 136 valence electrons. The van der Waals surface area contributed by atoms with Gasteiger partial charge in [-0.15, -0.1) is 11.3 Å². The van der Waals surface area contributed by atoms with Crippen molar-refractivity contribution in [3.05, 3.63) is 51.9 Å². The maximum Gasteiger partial charge on any atom is 0.263 e. The Morgan fingerprint density at radius 1 is 1.27 bits per heavy atom. The Balaban J connectivity index is 1.93. The first-order valence-electron chi connectivity index (χ1n) is 8.78. The number of hydrogen-bond donors (Lipinski definition) is 1. The Morgan fingerprint density at radius 2 is 2.00 bits per heavy atom. The molecule has 2 heterocycles. The monoisotopic (exact) mass is 369 g/mol. The average molecular weight is 369 g/mol. The van der Waals surface area contributed by atoms with Gasteiger partial charge in [-0.2, -0.15) is 0 Å². The molecule has 0 aliphatic heterocycles. The van der Waals surface area contributed by atoms with Crippen LogP contribution in [0.3, 0.4) is 0 Å². The number of carbonyl (C=O) groups excluding carboxylic acids is 1. The summed E-state index contributed by atoms with van der Waals surface area (Å²) in [5, 5.41) is 3.46. The summed E-state index contributed by atoms with van der Waals surface area (Å²) in [4.78, 5) is 31.3. The first kappa shape index (κ1) is 18.3. The van der Waals surface area contributed by atoms with Gasteiger partial charge in [-0.3, -0.25) is 14.2 Å². The Hall–Kier alpha value is -2.47. The lowest BCUT2D eigenvalue weighted by atomic mass is 10.0. The van der Waals surface area contributed by atoms with Crippen molar-refractivity contribution in [2.75, 3.05) is 6.54 Å². The fourth-order valence-corrected chi connectivity index (χ4v) is 3.92. The maximum atomic E-state index is 13.0. The molecule has 1 amide bonds. The minimum atomic E-state index is -0.169. The Bertz CT molecular complexity index is 974. The van der Waals surface area contributed by atoms with Crippen LogP contribution in [0.1, 0.15) is 25.1 Å². The summed E-state index contributed by atoms with van der Waals surface area (Å²) in [6, 6.07) is 9.84. The summed E-state index contributed by atoms with van der Waals surface area (Å²) in [5.41, 5.74) is 1.74. The van der Waals surface area contributed by atoms with E-state index in [-0.39, 0.29) is 18.0 Å². The maximum absolute atomic E-state index is 13.0. The van der Waals surface area contributed by atoms with Gasteiger partial charge in [0.25, 0.3) is 5.56 Å². The van der Waals surface area contributed by atoms with E-state index in [1.165, 1.54) is 22.2 Å². The van der Waals surface area contributed by atoms with Crippen LogP contribution in [0.5, 0.6) is 0 Å². The van der Waals surface area contributed by atoms with E-state index in [1.807, 2.05) is 37.3 Å². The third-order valence-corrected chi connectivity index (χ3v) is 5.29. The lowest BCUT2D eigenvalue weighted by molar-refractivity contribution is -0.121. The number of rotatable bonds is 6. The molecule has 5 nitrogen and oxygen atoms in total. The first-order chi connectivity index (χ1) is 12.5. The van der Waals surface area contributed by atoms with Crippen molar-refractivity contribution in [3.63, 3.8) is 0 Å². The zero-order chi connectivity index (χ0) is 18.7. The van der Waals surface area contributed by atoms with E-state index in [4.69, 9.17) is 0 Å². The number of hydrogen-bond acceptors (Lipinski definition) is 4. The average Bonchev–Trinajstić information content (AvgIpc) is 2.95. The van der Waals surface area contributed by atoms with Crippen LogP contribution in [0.25, 0.3) is 21.3 Å². The summed E-state index contributed by atoms with van der Waals surface area (Å²) in [6.07, 6.45) is 2.39. The van der Waals surface area contributed by atoms with E-state index in [0.29, 0.717) is 22.7 Å². The van der Waals surface area contributed by atoms with Crippen LogP contribution >= 0.6 is 11.3 Å². The number of benzene rings is 1. The van der Waals surface area contributed by atoms with Crippen molar-refractivity contribution in [3.8, 4) is 11.1 Å². The molecular weight excluding hydrogens is 346 g/mol.